The van der Waals surface area contributed by atoms with Crippen molar-refractivity contribution in [3.05, 3.63) is 50.6 Å². The molecule has 0 radical (unpaired) electrons. The number of thiophene rings is 1. The highest BCUT2D eigenvalue weighted by Gasteiger charge is 2.15. The van der Waals surface area contributed by atoms with Crippen LogP contribution in [0, 0.1) is 13.8 Å². The molecule has 0 saturated carbocycles. The minimum Gasteiger partial charge on any atom is -0.362 e. The van der Waals surface area contributed by atoms with E-state index in [0.29, 0.717) is 10.9 Å². The molecule has 0 saturated heterocycles. The van der Waals surface area contributed by atoms with Crippen LogP contribution >= 0.6 is 11.3 Å². The summed E-state index contributed by atoms with van der Waals surface area (Å²) in [6.45, 7) is 5.82. The first-order valence-electron chi connectivity index (χ1n) is 7.17. The van der Waals surface area contributed by atoms with E-state index in [-0.39, 0.29) is 17.9 Å². The molecular formula is C16H17N3O2S. The average molecular weight is 315 g/mol. The van der Waals surface area contributed by atoms with Crippen LogP contribution in [0.25, 0.3) is 10.2 Å². The Morgan fingerprint density at radius 1 is 1.36 bits per heavy atom. The van der Waals surface area contributed by atoms with Crippen LogP contribution in [-0.4, -0.2) is 20.3 Å². The number of hydrogen-bond donors (Lipinski definition) is 1. The Morgan fingerprint density at radius 2 is 2.14 bits per heavy atom. The van der Waals surface area contributed by atoms with Crippen LogP contribution in [0.15, 0.2) is 23.3 Å². The molecule has 6 heteroatoms. The Bertz CT molecular complexity index is 917. The van der Waals surface area contributed by atoms with Crippen molar-refractivity contribution < 1.29 is 4.79 Å². The summed E-state index contributed by atoms with van der Waals surface area (Å²) in [6, 6.07) is 3.69. The van der Waals surface area contributed by atoms with Gasteiger partial charge in [-0.05, 0) is 32.4 Å². The molecule has 5 nitrogen and oxygen atoms in total. The maximum Gasteiger partial charge on any atom is 0.262 e. The quantitative estimate of drug-likeness (QED) is 0.753. The molecule has 114 valence electrons. The van der Waals surface area contributed by atoms with E-state index in [1.165, 1.54) is 22.2 Å². The number of carbonyl (C=O) groups excluding carboxylic acids is 1. The van der Waals surface area contributed by atoms with Crippen LogP contribution in [-0.2, 0) is 13.0 Å². The van der Waals surface area contributed by atoms with E-state index in [1.807, 2.05) is 32.9 Å². The predicted octanol–water partition coefficient (Wildman–Crippen LogP) is 2.85. The van der Waals surface area contributed by atoms with Crippen LogP contribution in [0.5, 0.6) is 0 Å². The molecule has 0 aliphatic carbocycles. The number of Topliss-reactive ketones (excluding diaryl/α,β-unsaturated/α-hetero) is 1. The summed E-state index contributed by atoms with van der Waals surface area (Å²) in [6.07, 6.45) is 2.34. The molecule has 1 N–H and O–H groups in total. The van der Waals surface area contributed by atoms with Gasteiger partial charge in [-0.25, -0.2) is 4.98 Å². The lowest BCUT2D eigenvalue weighted by atomic mass is 10.1. The molecule has 0 aliphatic rings. The second-order valence-corrected chi connectivity index (χ2v) is 6.49. The van der Waals surface area contributed by atoms with Gasteiger partial charge in [0.05, 0.1) is 18.3 Å². The number of aromatic nitrogens is 3. The number of ketones is 1. The lowest BCUT2D eigenvalue weighted by molar-refractivity contribution is 0.0970. The third-order valence-electron chi connectivity index (χ3n) is 3.68. The number of aryl methyl sites for hydroxylation is 3. The van der Waals surface area contributed by atoms with E-state index < -0.39 is 0 Å². The van der Waals surface area contributed by atoms with Crippen molar-refractivity contribution in [1.82, 2.24) is 14.5 Å². The molecule has 0 bridgehead atoms. The first-order valence-corrected chi connectivity index (χ1v) is 7.98. The highest BCUT2D eigenvalue weighted by Crippen LogP contribution is 2.21. The molecular weight excluding hydrogens is 298 g/mol. The Balaban J connectivity index is 1.97. The number of fused-ring (bicyclic) bond motifs is 1. The van der Waals surface area contributed by atoms with E-state index in [0.717, 1.165) is 27.5 Å². The molecule has 0 aliphatic heterocycles. The van der Waals surface area contributed by atoms with Crippen molar-refractivity contribution in [1.29, 1.82) is 0 Å². The molecule has 22 heavy (non-hydrogen) atoms. The van der Waals surface area contributed by atoms with Gasteiger partial charge < -0.3 is 4.98 Å². The Kier molecular flexibility index (Phi) is 3.70. The minimum atomic E-state index is -0.154. The van der Waals surface area contributed by atoms with Gasteiger partial charge in [0.1, 0.15) is 4.83 Å². The van der Waals surface area contributed by atoms with Gasteiger partial charge in [-0.15, -0.1) is 11.3 Å². The van der Waals surface area contributed by atoms with Gasteiger partial charge in [-0.1, -0.05) is 6.92 Å². The molecule has 0 atom stereocenters. The molecule has 3 aromatic rings. The molecule has 0 spiro atoms. The zero-order valence-corrected chi connectivity index (χ0v) is 13.6. The summed E-state index contributed by atoms with van der Waals surface area (Å²) in [7, 11) is 0. The molecule has 3 heterocycles. The van der Waals surface area contributed by atoms with Crippen LogP contribution in [0.4, 0.5) is 0 Å². The van der Waals surface area contributed by atoms with E-state index >= 15 is 0 Å². The molecule has 3 rings (SSSR count). The summed E-state index contributed by atoms with van der Waals surface area (Å²) in [5, 5.41) is 0.596. The largest absolute Gasteiger partial charge is 0.362 e. The topological polar surface area (TPSA) is 67.8 Å². The number of hydrogen-bond acceptors (Lipinski definition) is 4. The monoisotopic (exact) mass is 315 g/mol. The Hall–Kier alpha value is -2.21. The highest BCUT2D eigenvalue weighted by molar-refractivity contribution is 7.18. The maximum absolute atomic E-state index is 12.5. The van der Waals surface area contributed by atoms with Crippen LogP contribution in [0.1, 0.15) is 33.5 Å². The first-order chi connectivity index (χ1) is 10.5. The van der Waals surface area contributed by atoms with Crippen LogP contribution in [0.2, 0.25) is 0 Å². The maximum atomic E-state index is 12.5. The van der Waals surface area contributed by atoms with Crippen molar-refractivity contribution in [2.75, 3.05) is 0 Å². The smallest absolute Gasteiger partial charge is 0.262 e. The number of nitrogens with one attached hydrogen (secondary N) is 1. The van der Waals surface area contributed by atoms with Crippen molar-refractivity contribution in [3.63, 3.8) is 0 Å². The summed E-state index contributed by atoms with van der Waals surface area (Å²) < 4.78 is 1.39. The van der Waals surface area contributed by atoms with E-state index in [2.05, 4.69) is 9.97 Å². The number of nitrogens with zero attached hydrogens (tertiary/aromatic N) is 2. The third kappa shape index (κ3) is 2.50. The zero-order valence-electron chi connectivity index (χ0n) is 12.8. The van der Waals surface area contributed by atoms with Crippen molar-refractivity contribution in [2.45, 2.75) is 33.7 Å². The van der Waals surface area contributed by atoms with Gasteiger partial charge >= 0.3 is 0 Å². The van der Waals surface area contributed by atoms with Gasteiger partial charge in [0, 0.05) is 21.8 Å². The van der Waals surface area contributed by atoms with Gasteiger partial charge in [0.2, 0.25) is 0 Å². The van der Waals surface area contributed by atoms with Crippen LogP contribution < -0.4 is 5.56 Å². The number of carbonyl (C=O) groups is 1. The van der Waals surface area contributed by atoms with E-state index in [4.69, 9.17) is 0 Å². The Labute approximate surface area is 131 Å². The van der Waals surface area contributed by atoms with Gasteiger partial charge in [0.15, 0.2) is 5.78 Å². The Morgan fingerprint density at radius 3 is 2.77 bits per heavy atom. The molecule has 0 amide bonds. The molecule has 3 aromatic heterocycles. The average Bonchev–Trinajstić information content (AvgIpc) is 3.05. The summed E-state index contributed by atoms with van der Waals surface area (Å²) in [5.41, 5.74) is 2.24. The first kappa shape index (κ1) is 14.7. The van der Waals surface area contributed by atoms with Gasteiger partial charge in [-0.3, -0.25) is 14.2 Å². The highest BCUT2D eigenvalue weighted by atomic mass is 32.1. The lowest BCUT2D eigenvalue weighted by Gasteiger charge is -2.04. The number of H-pyrrole nitrogens is 1. The summed E-state index contributed by atoms with van der Waals surface area (Å²) >= 11 is 1.53. The number of rotatable bonds is 4. The van der Waals surface area contributed by atoms with E-state index in [9.17, 15) is 9.59 Å². The standard InChI is InChI=1S/C16H17N3O2S/c1-4-11-6-13-15(22-11)17-8-19(16(13)21)7-14(20)12-5-9(2)18-10(12)3/h5-6,8,18H,4,7H2,1-3H3. The lowest BCUT2D eigenvalue weighted by Crippen LogP contribution is -2.24. The van der Waals surface area contributed by atoms with Gasteiger partial charge in [0.25, 0.3) is 5.56 Å². The van der Waals surface area contributed by atoms with Gasteiger partial charge in [-0.2, -0.15) is 0 Å². The SMILES string of the molecule is CCc1cc2c(=O)n(CC(=O)c3cc(C)[nH]c3C)cnc2s1. The van der Waals surface area contributed by atoms with Crippen molar-refractivity contribution in [3.8, 4) is 0 Å². The third-order valence-corrected chi connectivity index (χ3v) is 4.87. The summed E-state index contributed by atoms with van der Waals surface area (Å²) in [5.74, 6) is -0.0870. The predicted molar refractivity (Wildman–Crippen MR) is 87.9 cm³/mol. The van der Waals surface area contributed by atoms with E-state index in [1.54, 1.807) is 0 Å². The fraction of sp³-hybridized carbons (Fsp3) is 0.312. The molecule has 0 unspecified atom stereocenters. The fourth-order valence-corrected chi connectivity index (χ4v) is 3.48. The second kappa shape index (κ2) is 5.53. The summed E-state index contributed by atoms with van der Waals surface area (Å²) in [4.78, 5) is 34.2. The number of aromatic amines is 1. The second-order valence-electron chi connectivity index (χ2n) is 5.38. The zero-order chi connectivity index (χ0) is 15.9. The van der Waals surface area contributed by atoms with Crippen LogP contribution in [0.3, 0.4) is 0 Å². The molecule has 0 aromatic carbocycles. The van der Waals surface area contributed by atoms with Crippen molar-refractivity contribution in [2.24, 2.45) is 0 Å². The van der Waals surface area contributed by atoms with Crippen molar-refractivity contribution >= 4 is 27.3 Å². The fourth-order valence-electron chi connectivity index (χ4n) is 2.55. The minimum absolute atomic E-state index is 0.0111. The molecule has 0 fully saturated rings. The normalized spacial score (nSPS) is 11.2.